The van der Waals surface area contributed by atoms with Gasteiger partial charge >= 0.3 is 0 Å². The van der Waals surface area contributed by atoms with Crippen LogP contribution < -0.4 is 0 Å². The second kappa shape index (κ2) is 9.09. The lowest BCUT2D eigenvalue weighted by Gasteiger charge is -2.01. The van der Waals surface area contributed by atoms with E-state index in [1.54, 1.807) is 0 Å². The van der Waals surface area contributed by atoms with Gasteiger partial charge < -0.3 is 9.63 Å². The summed E-state index contributed by atoms with van der Waals surface area (Å²) in [6.45, 7) is 4.25. The number of hydrogen-bond donors (Lipinski definition) is 1. The highest BCUT2D eigenvalue weighted by molar-refractivity contribution is 4.90. The van der Waals surface area contributed by atoms with E-state index in [-0.39, 0.29) is 0 Å². The third kappa shape index (κ3) is 5.63. The summed E-state index contributed by atoms with van der Waals surface area (Å²) in [6, 6.07) is 0. The maximum atomic E-state index is 9.72. The highest BCUT2D eigenvalue weighted by Crippen LogP contribution is 2.15. The molecule has 0 radical (unpaired) electrons. The van der Waals surface area contributed by atoms with Gasteiger partial charge in [-0.15, -0.1) is 0 Å². The summed E-state index contributed by atoms with van der Waals surface area (Å²) in [4.78, 5) is 4.23. The zero-order chi connectivity index (χ0) is 13.2. The molecule has 1 heterocycles. The summed E-state index contributed by atoms with van der Waals surface area (Å²) in [5.74, 6) is 1.11. The molecule has 1 unspecified atom stereocenters. The number of aryl methyl sites for hydroxylation is 1. The number of rotatable bonds is 10. The topological polar surface area (TPSA) is 59.2 Å². The van der Waals surface area contributed by atoms with Crippen molar-refractivity contribution in [2.24, 2.45) is 0 Å². The predicted octanol–water partition coefficient (Wildman–Crippen LogP) is 3.81. The average Bonchev–Trinajstić information content (AvgIpc) is 2.83. The van der Waals surface area contributed by atoms with Gasteiger partial charge in [-0.25, -0.2) is 0 Å². The molecule has 0 aliphatic carbocycles. The second-order valence-corrected chi connectivity index (χ2v) is 4.87. The lowest BCUT2D eigenvalue weighted by molar-refractivity contribution is 0.152. The van der Waals surface area contributed by atoms with Gasteiger partial charge in [-0.05, 0) is 12.8 Å². The summed E-state index contributed by atoms with van der Waals surface area (Å²) in [6.07, 6.45) is 9.39. The Hall–Kier alpha value is -0.900. The molecule has 1 N–H and O–H groups in total. The smallest absolute Gasteiger partial charge is 0.226 e. The molecule has 0 saturated heterocycles. The minimum absolute atomic E-state index is 0.442. The Labute approximate surface area is 110 Å². The third-order valence-corrected chi connectivity index (χ3v) is 3.09. The summed E-state index contributed by atoms with van der Waals surface area (Å²) < 4.78 is 5.14. The van der Waals surface area contributed by atoms with Crippen molar-refractivity contribution in [1.29, 1.82) is 0 Å². The van der Waals surface area contributed by atoms with Crippen LogP contribution in [0.2, 0.25) is 0 Å². The molecule has 1 aromatic rings. The van der Waals surface area contributed by atoms with E-state index < -0.39 is 6.10 Å². The molecule has 0 amide bonds. The molecule has 1 atom stereocenters. The quantitative estimate of drug-likeness (QED) is 0.645. The number of aliphatic hydroxyl groups is 1. The lowest BCUT2D eigenvalue weighted by atomic mass is 10.1. The standard InChI is InChI=1S/C14H26N2O2/c1-3-5-6-7-8-9-11-13-15-14(16-18-13)12(17)10-4-2/h12,17H,3-11H2,1-2H3. The van der Waals surface area contributed by atoms with Crippen molar-refractivity contribution in [2.45, 2.75) is 77.7 Å². The van der Waals surface area contributed by atoms with Crippen molar-refractivity contribution in [3.05, 3.63) is 11.7 Å². The predicted molar refractivity (Wildman–Crippen MR) is 71.2 cm³/mol. The SMILES string of the molecule is CCCCCCCCc1nc(C(O)CCC)no1. The van der Waals surface area contributed by atoms with Crippen LogP contribution >= 0.6 is 0 Å². The molecule has 0 aliphatic heterocycles. The Balaban J connectivity index is 2.19. The fraction of sp³-hybridized carbons (Fsp3) is 0.857. The summed E-state index contributed by atoms with van der Waals surface area (Å²) in [5.41, 5.74) is 0. The Morgan fingerprint density at radius 3 is 2.50 bits per heavy atom. The van der Waals surface area contributed by atoms with Crippen molar-refractivity contribution < 1.29 is 9.63 Å². The molecule has 4 heteroatoms. The van der Waals surface area contributed by atoms with Crippen molar-refractivity contribution in [3.63, 3.8) is 0 Å². The van der Waals surface area contributed by atoms with E-state index in [0.29, 0.717) is 18.1 Å². The maximum absolute atomic E-state index is 9.72. The lowest BCUT2D eigenvalue weighted by Crippen LogP contribution is -1.99. The van der Waals surface area contributed by atoms with Crippen LogP contribution in [0.3, 0.4) is 0 Å². The highest BCUT2D eigenvalue weighted by Gasteiger charge is 2.14. The first kappa shape index (κ1) is 15.2. The van der Waals surface area contributed by atoms with Gasteiger partial charge in [0.05, 0.1) is 0 Å². The Morgan fingerprint density at radius 2 is 1.78 bits per heavy atom. The molecule has 0 fully saturated rings. The largest absolute Gasteiger partial charge is 0.385 e. The number of aliphatic hydroxyl groups excluding tert-OH is 1. The second-order valence-electron chi connectivity index (χ2n) is 4.87. The van der Waals surface area contributed by atoms with Gasteiger partial charge in [0, 0.05) is 6.42 Å². The van der Waals surface area contributed by atoms with Crippen molar-refractivity contribution in [3.8, 4) is 0 Å². The average molecular weight is 254 g/mol. The first-order valence-electron chi connectivity index (χ1n) is 7.28. The zero-order valence-electron chi connectivity index (χ0n) is 11.7. The molecule has 18 heavy (non-hydrogen) atoms. The molecule has 0 bridgehead atoms. The van der Waals surface area contributed by atoms with Crippen LogP contribution in [0.25, 0.3) is 0 Å². The summed E-state index contributed by atoms with van der Waals surface area (Å²) in [7, 11) is 0. The van der Waals surface area contributed by atoms with Crippen molar-refractivity contribution >= 4 is 0 Å². The molecular weight excluding hydrogens is 228 g/mol. The normalized spacial score (nSPS) is 12.8. The molecule has 0 saturated carbocycles. The number of nitrogens with zero attached hydrogens (tertiary/aromatic N) is 2. The first-order chi connectivity index (χ1) is 8.77. The van der Waals surface area contributed by atoms with Crippen molar-refractivity contribution in [1.82, 2.24) is 10.1 Å². The van der Waals surface area contributed by atoms with E-state index >= 15 is 0 Å². The van der Waals surface area contributed by atoms with E-state index in [1.807, 2.05) is 6.92 Å². The fourth-order valence-corrected chi connectivity index (χ4v) is 1.96. The maximum Gasteiger partial charge on any atom is 0.226 e. The number of unbranched alkanes of at least 4 members (excludes halogenated alkanes) is 5. The van der Waals surface area contributed by atoms with E-state index in [2.05, 4.69) is 17.1 Å². The minimum Gasteiger partial charge on any atom is -0.385 e. The molecule has 4 nitrogen and oxygen atoms in total. The van der Waals surface area contributed by atoms with Gasteiger partial charge in [0.25, 0.3) is 0 Å². The fourth-order valence-electron chi connectivity index (χ4n) is 1.96. The molecular formula is C14H26N2O2. The van der Waals surface area contributed by atoms with Crippen LogP contribution in [-0.4, -0.2) is 15.2 Å². The van der Waals surface area contributed by atoms with Crippen molar-refractivity contribution in [2.75, 3.05) is 0 Å². The Morgan fingerprint density at radius 1 is 1.06 bits per heavy atom. The van der Waals surface area contributed by atoms with Gasteiger partial charge in [0.1, 0.15) is 6.10 Å². The zero-order valence-corrected chi connectivity index (χ0v) is 11.7. The number of hydrogen-bond acceptors (Lipinski definition) is 4. The number of aromatic nitrogens is 2. The van der Waals surface area contributed by atoms with Gasteiger partial charge in [0.15, 0.2) is 5.82 Å². The summed E-state index contributed by atoms with van der Waals surface area (Å²) in [5, 5.41) is 13.5. The van der Waals surface area contributed by atoms with Crippen LogP contribution in [0.1, 0.15) is 83.0 Å². The molecule has 0 aromatic carbocycles. The van der Waals surface area contributed by atoms with Crippen LogP contribution in [0.15, 0.2) is 4.52 Å². The van der Waals surface area contributed by atoms with Crippen LogP contribution in [0, 0.1) is 0 Å². The monoisotopic (exact) mass is 254 g/mol. The third-order valence-electron chi connectivity index (χ3n) is 3.09. The van der Waals surface area contributed by atoms with Gasteiger partial charge in [-0.3, -0.25) is 0 Å². The van der Waals surface area contributed by atoms with E-state index in [4.69, 9.17) is 4.52 Å². The molecule has 1 aromatic heterocycles. The van der Waals surface area contributed by atoms with E-state index in [9.17, 15) is 5.11 Å². The minimum atomic E-state index is -0.572. The van der Waals surface area contributed by atoms with Gasteiger partial charge in [0.2, 0.25) is 5.89 Å². The highest BCUT2D eigenvalue weighted by atomic mass is 16.5. The van der Waals surface area contributed by atoms with E-state index in [0.717, 1.165) is 19.3 Å². The van der Waals surface area contributed by atoms with E-state index in [1.165, 1.54) is 32.1 Å². The van der Waals surface area contributed by atoms with Crippen LogP contribution in [-0.2, 0) is 6.42 Å². The Bertz CT molecular complexity index is 312. The molecule has 1 rings (SSSR count). The Kier molecular flexibility index (Phi) is 7.65. The summed E-state index contributed by atoms with van der Waals surface area (Å²) >= 11 is 0. The van der Waals surface area contributed by atoms with Crippen LogP contribution in [0.4, 0.5) is 0 Å². The van der Waals surface area contributed by atoms with Crippen LogP contribution in [0.5, 0.6) is 0 Å². The molecule has 104 valence electrons. The van der Waals surface area contributed by atoms with Gasteiger partial charge in [-0.2, -0.15) is 4.98 Å². The van der Waals surface area contributed by atoms with Gasteiger partial charge in [-0.1, -0.05) is 57.5 Å². The molecule has 0 aliphatic rings. The first-order valence-corrected chi connectivity index (χ1v) is 7.28. The molecule has 0 spiro atoms.